The highest BCUT2D eigenvalue weighted by atomic mass is 35.5. The van der Waals surface area contributed by atoms with E-state index in [2.05, 4.69) is 17.6 Å². The zero-order valence-electron chi connectivity index (χ0n) is 5.53. The maximum atomic E-state index is 5.91. The number of fused-ring (bicyclic) bond motifs is 1. The molecule has 0 saturated carbocycles. The molecule has 0 fully saturated rings. The molecule has 0 aliphatic heterocycles. The van der Waals surface area contributed by atoms with E-state index in [1.807, 2.05) is 22.9 Å². The molecule has 0 amide bonds. The van der Waals surface area contributed by atoms with Gasteiger partial charge in [0.15, 0.2) is 5.65 Å². The lowest BCUT2D eigenvalue weighted by Gasteiger charge is -1.97. The van der Waals surface area contributed by atoms with E-state index in [1.54, 1.807) is 6.20 Å². The highest BCUT2D eigenvalue weighted by Gasteiger charge is 2.01. The van der Waals surface area contributed by atoms with Crippen molar-refractivity contribution in [3.8, 4) is 0 Å². The Kier molecular flexibility index (Phi) is 1.55. The highest BCUT2D eigenvalue weighted by Crippen LogP contribution is 2.23. The zero-order valence-corrected chi connectivity index (χ0v) is 7.18. The summed E-state index contributed by atoms with van der Waals surface area (Å²) >= 11 is 10.1. The Morgan fingerprint density at radius 2 is 2.27 bits per heavy atom. The number of halogens is 1. The summed E-state index contributed by atoms with van der Waals surface area (Å²) in [5, 5.41) is 0.598. The Morgan fingerprint density at radius 3 is 3.09 bits per heavy atom. The summed E-state index contributed by atoms with van der Waals surface area (Å²) in [7, 11) is 0. The molecule has 0 aliphatic rings. The van der Waals surface area contributed by atoms with E-state index in [0.717, 1.165) is 10.5 Å². The minimum absolute atomic E-state index is 0.598. The Bertz CT molecular complexity index is 396. The fourth-order valence-corrected chi connectivity index (χ4v) is 1.32. The number of pyridine rings is 1. The van der Waals surface area contributed by atoms with Crippen molar-refractivity contribution in [2.75, 3.05) is 0 Å². The van der Waals surface area contributed by atoms with Crippen LogP contribution in [0, 0.1) is 0 Å². The lowest BCUT2D eigenvalue weighted by Crippen LogP contribution is -1.83. The predicted molar refractivity (Wildman–Crippen MR) is 47.5 cm³/mol. The second-order valence-corrected chi connectivity index (χ2v) is 3.03. The van der Waals surface area contributed by atoms with E-state index < -0.39 is 0 Å². The van der Waals surface area contributed by atoms with Crippen LogP contribution in [0.15, 0.2) is 29.6 Å². The number of hydrogen-bond donors (Lipinski definition) is 1. The van der Waals surface area contributed by atoms with Gasteiger partial charge in [-0.2, -0.15) is 0 Å². The molecule has 2 aromatic rings. The number of nitrogens with zero attached hydrogens (tertiary/aromatic N) is 2. The third-order valence-corrected chi connectivity index (χ3v) is 2.36. The van der Waals surface area contributed by atoms with Gasteiger partial charge < -0.3 is 4.40 Å². The lowest BCUT2D eigenvalue weighted by molar-refractivity contribution is 1.16. The Morgan fingerprint density at radius 1 is 1.45 bits per heavy atom. The fraction of sp³-hybridized carbons (Fsp3) is 0. The third kappa shape index (κ3) is 1.01. The van der Waals surface area contributed by atoms with Crippen LogP contribution < -0.4 is 0 Å². The summed E-state index contributed by atoms with van der Waals surface area (Å²) in [6.07, 6.45) is 5.42. The molecule has 0 spiro atoms. The van der Waals surface area contributed by atoms with Crippen LogP contribution in [0.4, 0.5) is 0 Å². The molecular weight excluding hydrogens is 180 g/mol. The van der Waals surface area contributed by atoms with Crippen molar-refractivity contribution < 1.29 is 0 Å². The first-order valence-corrected chi connectivity index (χ1v) is 3.91. The average Bonchev–Trinajstić information content (AvgIpc) is 2.45. The molecule has 0 aromatic carbocycles. The molecule has 0 radical (unpaired) electrons. The van der Waals surface area contributed by atoms with Crippen molar-refractivity contribution in [1.29, 1.82) is 0 Å². The maximum absolute atomic E-state index is 5.91. The lowest BCUT2D eigenvalue weighted by atomic mass is 10.5. The molecule has 0 unspecified atom stereocenters. The first kappa shape index (κ1) is 7.00. The van der Waals surface area contributed by atoms with Gasteiger partial charge >= 0.3 is 0 Å². The van der Waals surface area contributed by atoms with Gasteiger partial charge in [0.2, 0.25) is 0 Å². The van der Waals surface area contributed by atoms with Gasteiger partial charge in [0, 0.05) is 23.5 Å². The summed E-state index contributed by atoms with van der Waals surface area (Å²) in [4.78, 5) is 4.82. The van der Waals surface area contributed by atoms with Crippen LogP contribution in [0.5, 0.6) is 0 Å². The van der Waals surface area contributed by atoms with Crippen LogP contribution in [0.3, 0.4) is 0 Å². The Labute approximate surface area is 74.2 Å². The number of imidazole rings is 1. The molecule has 0 N–H and O–H groups in total. The normalized spacial score (nSPS) is 10.7. The SMILES string of the molecule is Sc1ccn2ccnc2c1Cl. The summed E-state index contributed by atoms with van der Waals surface area (Å²) in [5.41, 5.74) is 0.749. The van der Waals surface area contributed by atoms with Crippen molar-refractivity contribution in [1.82, 2.24) is 9.38 Å². The van der Waals surface area contributed by atoms with E-state index in [9.17, 15) is 0 Å². The molecular formula is C7H5ClN2S. The number of rotatable bonds is 0. The number of aromatic nitrogens is 2. The van der Waals surface area contributed by atoms with Crippen LogP contribution in [-0.4, -0.2) is 9.38 Å². The van der Waals surface area contributed by atoms with Crippen molar-refractivity contribution in [3.05, 3.63) is 29.7 Å². The summed E-state index contributed by atoms with van der Waals surface area (Å²) < 4.78 is 1.85. The minimum Gasteiger partial charge on any atom is -0.306 e. The average molecular weight is 185 g/mol. The van der Waals surface area contributed by atoms with Gasteiger partial charge in [-0.1, -0.05) is 11.6 Å². The van der Waals surface area contributed by atoms with Crippen molar-refractivity contribution in [2.24, 2.45) is 0 Å². The van der Waals surface area contributed by atoms with Gasteiger partial charge in [-0.15, -0.1) is 12.6 Å². The smallest absolute Gasteiger partial charge is 0.156 e. The van der Waals surface area contributed by atoms with E-state index in [0.29, 0.717) is 5.02 Å². The number of thiol groups is 1. The Balaban J connectivity index is 2.93. The largest absolute Gasteiger partial charge is 0.306 e. The molecule has 2 aromatic heterocycles. The standard InChI is InChI=1S/C7H5ClN2S/c8-6-5(11)1-3-10-4-2-9-7(6)10/h1-4,11H. The molecule has 2 heterocycles. The minimum atomic E-state index is 0.598. The van der Waals surface area contributed by atoms with Gasteiger partial charge in [0.1, 0.15) is 0 Å². The Hall–Kier alpha value is -0.670. The van der Waals surface area contributed by atoms with Crippen LogP contribution >= 0.6 is 24.2 Å². The van der Waals surface area contributed by atoms with Crippen LogP contribution in [0.25, 0.3) is 5.65 Å². The highest BCUT2D eigenvalue weighted by molar-refractivity contribution is 7.80. The van der Waals surface area contributed by atoms with Gasteiger partial charge in [-0.25, -0.2) is 4.98 Å². The van der Waals surface area contributed by atoms with Gasteiger partial charge in [0.25, 0.3) is 0 Å². The molecule has 0 bridgehead atoms. The summed E-state index contributed by atoms with van der Waals surface area (Å²) in [6, 6.07) is 1.83. The van der Waals surface area contributed by atoms with Crippen molar-refractivity contribution >= 4 is 29.9 Å². The maximum Gasteiger partial charge on any atom is 0.156 e. The van der Waals surface area contributed by atoms with E-state index in [-0.39, 0.29) is 0 Å². The van der Waals surface area contributed by atoms with Crippen LogP contribution in [-0.2, 0) is 0 Å². The molecule has 2 nitrogen and oxygen atoms in total. The van der Waals surface area contributed by atoms with Crippen LogP contribution in [0.2, 0.25) is 5.02 Å². The second kappa shape index (κ2) is 2.43. The summed E-state index contributed by atoms with van der Waals surface area (Å²) in [6.45, 7) is 0. The molecule has 0 aliphatic carbocycles. The summed E-state index contributed by atoms with van der Waals surface area (Å²) in [5.74, 6) is 0. The second-order valence-electron chi connectivity index (χ2n) is 2.17. The molecule has 0 saturated heterocycles. The number of hydrogen-bond acceptors (Lipinski definition) is 2. The first-order chi connectivity index (χ1) is 5.29. The first-order valence-electron chi connectivity index (χ1n) is 3.09. The third-order valence-electron chi connectivity index (χ3n) is 1.48. The van der Waals surface area contributed by atoms with Crippen LogP contribution in [0.1, 0.15) is 0 Å². The van der Waals surface area contributed by atoms with Gasteiger partial charge in [-0.05, 0) is 6.07 Å². The van der Waals surface area contributed by atoms with Crippen molar-refractivity contribution in [3.63, 3.8) is 0 Å². The van der Waals surface area contributed by atoms with Gasteiger partial charge in [0.05, 0.1) is 5.02 Å². The topological polar surface area (TPSA) is 17.3 Å². The van der Waals surface area contributed by atoms with E-state index in [4.69, 9.17) is 11.6 Å². The molecule has 4 heteroatoms. The molecule has 2 rings (SSSR count). The van der Waals surface area contributed by atoms with E-state index >= 15 is 0 Å². The van der Waals surface area contributed by atoms with Gasteiger partial charge in [-0.3, -0.25) is 0 Å². The molecule has 56 valence electrons. The molecule has 0 atom stereocenters. The predicted octanol–water partition coefficient (Wildman–Crippen LogP) is 2.28. The van der Waals surface area contributed by atoms with Crippen molar-refractivity contribution in [2.45, 2.75) is 4.90 Å². The fourth-order valence-electron chi connectivity index (χ4n) is 0.942. The zero-order chi connectivity index (χ0) is 7.84. The monoisotopic (exact) mass is 184 g/mol. The molecule has 11 heavy (non-hydrogen) atoms. The van der Waals surface area contributed by atoms with E-state index in [1.165, 1.54) is 0 Å². The quantitative estimate of drug-likeness (QED) is 0.622.